The third kappa shape index (κ3) is 24.0. The Morgan fingerprint density at radius 3 is 0.966 bits per heavy atom. The Labute approximate surface area is 894 Å². The van der Waals surface area contributed by atoms with Crippen molar-refractivity contribution in [3.8, 4) is 56.6 Å². The quantitative estimate of drug-likeness (QED) is 0.0317. The van der Waals surface area contributed by atoms with Crippen molar-refractivity contribution in [1.82, 2.24) is 0 Å². The summed E-state index contributed by atoms with van der Waals surface area (Å²) in [6, 6.07) is 74.0. The van der Waals surface area contributed by atoms with Crippen molar-refractivity contribution in [2.75, 3.05) is 24.5 Å². The minimum atomic E-state index is -1.14. The van der Waals surface area contributed by atoms with Crippen molar-refractivity contribution in [3.05, 3.63) is 407 Å². The summed E-state index contributed by atoms with van der Waals surface area (Å²) in [4.78, 5) is 129. The Bertz CT molecular complexity index is 8290. The lowest BCUT2D eigenvalue weighted by Gasteiger charge is -2.17. The van der Waals surface area contributed by atoms with Gasteiger partial charge in [-0.15, -0.1) is 0 Å². The maximum Gasteiger partial charge on any atom is 0.336 e. The Hall–Kier alpha value is -16.2. The number of anilines is 5. The largest absolute Gasteiger partial charge is 0.478 e. The van der Waals surface area contributed by atoms with Crippen LogP contribution in [0.25, 0.3) is 87.0 Å². The molecule has 5 aliphatic rings. The van der Waals surface area contributed by atoms with E-state index < -0.39 is 53.4 Å². The van der Waals surface area contributed by atoms with Crippen molar-refractivity contribution < 1.29 is 100.0 Å². The van der Waals surface area contributed by atoms with Crippen LogP contribution in [-0.2, 0) is 24.0 Å². The minimum absolute atomic E-state index is 0.00141. The number of carbonyl (C=O) groups is 10. The van der Waals surface area contributed by atoms with Gasteiger partial charge in [0.25, 0.3) is 29.5 Å². The zero-order valence-electron chi connectivity index (χ0n) is 76.2. The van der Waals surface area contributed by atoms with Crippen LogP contribution in [0.5, 0.6) is 0 Å². The Kier molecular flexibility index (Phi) is 32.5. The molecule has 0 radical (unpaired) electrons. The van der Waals surface area contributed by atoms with E-state index in [1.165, 1.54) is 116 Å². The highest BCUT2D eigenvalue weighted by Gasteiger charge is 2.41. The van der Waals surface area contributed by atoms with Crippen LogP contribution >= 0.6 is 128 Å². The monoisotopic (exact) mass is 2200 g/mol. The number of thioether (sulfide) groups is 5. The van der Waals surface area contributed by atoms with E-state index in [0.717, 1.165) is 69.9 Å². The van der Waals surface area contributed by atoms with E-state index in [-0.39, 0.29) is 85.3 Å². The number of furan rings is 5. The van der Waals surface area contributed by atoms with Crippen molar-refractivity contribution in [3.63, 3.8) is 0 Å². The van der Waals surface area contributed by atoms with Crippen molar-refractivity contribution in [2.24, 2.45) is 0 Å². The number of aromatic carboxylic acids is 5. The molecule has 0 aliphatic carbocycles. The zero-order chi connectivity index (χ0) is 106. The van der Waals surface area contributed by atoms with Gasteiger partial charge in [0.15, 0.2) is 25.8 Å². The number of amides is 5. The Morgan fingerprint density at radius 1 is 0.295 bits per heavy atom. The van der Waals surface area contributed by atoms with Gasteiger partial charge in [0.05, 0.1) is 90.8 Å². The van der Waals surface area contributed by atoms with E-state index in [2.05, 4.69) is 0 Å². The van der Waals surface area contributed by atoms with Gasteiger partial charge in [-0.3, -0.25) is 75.5 Å². The number of carboxylic acid groups (broad SMARTS) is 5. The highest BCUT2D eigenvalue weighted by Crippen LogP contribution is 2.46. The average molecular weight is 2200 g/mol. The number of hydrogen-bond donors (Lipinski definition) is 10. The summed E-state index contributed by atoms with van der Waals surface area (Å²) in [5.74, 6) is -3.84. The number of rotatable bonds is 20. The van der Waals surface area contributed by atoms with Crippen LogP contribution in [0.1, 0.15) is 91.7 Å². The molecule has 5 aromatic heterocycles. The first-order chi connectivity index (χ1) is 71.3. The number of hydrogen-bond acceptors (Lipinski definition) is 25. The van der Waals surface area contributed by atoms with Gasteiger partial charge in [0, 0.05) is 78.3 Å². The summed E-state index contributed by atoms with van der Waals surface area (Å²) >= 11 is 41.0. The van der Waals surface area contributed by atoms with Gasteiger partial charge in [-0.25, -0.2) is 28.4 Å². The van der Waals surface area contributed by atoms with Crippen LogP contribution in [0.2, 0.25) is 30.1 Å². The summed E-state index contributed by atoms with van der Waals surface area (Å²) < 4.78 is 41.9. The molecule has 149 heavy (non-hydrogen) atoms. The number of halogens is 7. The molecule has 0 saturated carbocycles. The molecule has 0 spiro atoms. The van der Waals surface area contributed by atoms with Crippen LogP contribution in [0.4, 0.5) is 32.8 Å². The molecule has 0 bridgehead atoms. The molecular weight excluding hydrogens is 2140 g/mol. The minimum Gasteiger partial charge on any atom is -0.478 e. The van der Waals surface area contributed by atoms with Crippen molar-refractivity contribution in [1.29, 1.82) is 27.0 Å². The Balaban J connectivity index is 0.000000133. The summed E-state index contributed by atoms with van der Waals surface area (Å²) in [6.07, 6.45) is 7.66. The summed E-state index contributed by atoms with van der Waals surface area (Å²) in [6.45, 7) is 3.84. The zero-order valence-corrected chi connectivity index (χ0v) is 84.8. The molecule has 5 aliphatic heterocycles. The fourth-order valence-electron chi connectivity index (χ4n) is 14.9. The normalized spacial score (nSPS) is 15.3. The SMILES string of the molecule is Cc1ccc(C)c(N2C(=N)S/C(=C/c3ccc(-c4ccccc4C(=O)O)o3)C2=O)c1.N=C1S/C(=C/c2ccc(-c3cccc(C(=O)O)c3)o2)C(=O)N1c1ccc(F)cc1.N=C1S/C(=C/c2ccc(-c3ccccc3C(=O)O)o2)C(=O)N1c1ccc(Cl)cc1.N=C1S/C(=C\c2ccc(-c3ccc(Cl)cc3C(=O)O)o2)C(=O)N1c1ccc(Cl)cc1Cl.N=C1S/C(=C\c2ccc(-c3ccccc3C(=O)O)o2)C(=O)N1c1ccc(Cl)cc1Cl. The smallest absolute Gasteiger partial charge is 0.336 e. The summed E-state index contributed by atoms with van der Waals surface area (Å²) in [5, 5.41) is 89.8. The van der Waals surface area contributed by atoms with Crippen LogP contribution in [-0.4, -0.2) is 111 Å². The molecule has 0 unspecified atom stereocenters. The third-order valence-electron chi connectivity index (χ3n) is 21.8. The molecule has 42 heteroatoms. The molecule has 15 aromatic rings. The second kappa shape index (κ2) is 45.8. The molecule has 10 heterocycles. The second-order valence-corrected chi connectivity index (χ2v) is 39.4. The van der Waals surface area contributed by atoms with Crippen LogP contribution in [0.3, 0.4) is 0 Å². The van der Waals surface area contributed by atoms with Crippen LogP contribution < -0.4 is 24.5 Å². The van der Waals surface area contributed by atoms with E-state index in [9.17, 15) is 72.8 Å². The molecule has 5 amide bonds. The Morgan fingerprint density at radius 2 is 0.604 bits per heavy atom. The van der Waals surface area contributed by atoms with Gasteiger partial charge in [-0.05, 0) is 284 Å². The predicted molar refractivity (Wildman–Crippen MR) is 581 cm³/mol. The molecular formula is C107H67Cl6FN10O20S5. The van der Waals surface area contributed by atoms with Crippen molar-refractivity contribution in [2.45, 2.75) is 13.8 Å². The highest BCUT2D eigenvalue weighted by molar-refractivity contribution is 8.20. The predicted octanol–water partition coefficient (Wildman–Crippen LogP) is 28.2. The molecule has 10 aromatic carbocycles. The third-order valence-corrected chi connectivity index (χ3v) is 27.8. The fraction of sp³-hybridized carbons (Fsp3) is 0.0187. The number of aryl methyl sites for hydroxylation is 2. The van der Waals surface area contributed by atoms with Gasteiger partial charge >= 0.3 is 29.8 Å². The van der Waals surface area contributed by atoms with E-state index >= 15 is 0 Å². The van der Waals surface area contributed by atoms with Crippen LogP contribution in [0, 0.1) is 46.7 Å². The number of benzene rings is 10. The van der Waals surface area contributed by atoms with E-state index in [1.807, 2.05) is 32.0 Å². The van der Waals surface area contributed by atoms with E-state index in [0.29, 0.717) is 149 Å². The van der Waals surface area contributed by atoms with Gasteiger partial charge in [-0.2, -0.15) is 0 Å². The lowest BCUT2D eigenvalue weighted by Crippen LogP contribution is -2.28. The van der Waals surface area contributed by atoms with E-state index in [4.69, 9.17) is 124 Å². The number of carbonyl (C=O) groups excluding carboxylic acids is 5. The lowest BCUT2D eigenvalue weighted by atomic mass is 10.1. The summed E-state index contributed by atoms with van der Waals surface area (Å²) in [5.41, 5.74) is 7.10. The number of amidine groups is 5. The fourth-order valence-corrected chi connectivity index (χ4v) is 20.4. The highest BCUT2D eigenvalue weighted by atomic mass is 35.5. The topological polar surface area (TPSA) is 473 Å². The molecule has 744 valence electrons. The number of nitrogens with one attached hydrogen (secondary N) is 5. The lowest BCUT2D eigenvalue weighted by molar-refractivity contribution is -0.114. The van der Waals surface area contributed by atoms with Gasteiger partial charge in [0.1, 0.15) is 63.4 Å². The molecule has 5 saturated heterocycles. The standard InChI is InChI=1S/C23H18N2O4S.C21H11Cl3N2O4S.C21H12Cl2N2O4S.C21H13ClN2O4S.C21H13FN2O4S/c1-13-7-8-14(2)18(11-13)25-21(26)20(30-23(25)24)12-15-9-10-19(29-15)16-5-3-4-6-17(16)22(27)28;22-10-1-4-13(14(7-10)20(28)29)17-6-3-12(30-17)9-18-19(27)26(21(25)31-18)16-5-2-11(23)8-15(16)24;22-11-5-7-16(15(23)9-11)25-19(26)18(30-21(25)24)10-12-6-8-17(29-12)13-3-1-2-4-14(13)20(27)28;22-12-5-7-13(8-6-12)24-19(25)18(29-21(24)23)11-14-9-10-17(28-14)15-3-1-2-4-16(15)20(26)27;22-14-4-6-15(7-5-14)24-19(25)18(29-21(24)23)11-16-8-9-17(28-16)12-2-1-3-13(10-12)20(26)27/h3-12,24H,1-2H3,(H,27,28);1-9,25H,(H,28,29);1-10,24H,(H,27,28);2*1-11,23H,(H,26,27)/b20-12+,24-23?;18-9-,25-21?;18-10-,24-21?;2*18-11+,23-21?. The number of nitrogens with zero attached hydrogens (tertiary/aromatic N) is 5. The molecule has 30 nitrogen and oxygen atoms in total. The first-order valence-electron chi connectivity index (χ1n) is 43.3. The maximum atomic E-state index is 13.1. The van der Waals surface area contributed by atoms with Gasteiger partial charge in [0.2, 0.25) is 0 Å². The van der Waals surface area contributed by atoms with E-state index in [1.54, 1.807) is 200 Å². The number of carboxylic acids is 5. The molecule has 5 fully saturated rings. The first-order valence-corrected chi connectivity index (χ1v) is 49.6. The maximum absolute atomic E-state index is 13.1. The molecule has 0 atom stereocenters. The molecule has 20 rings (SSSR count). The summed E-state index contributed by atoms with van der Waals surface area (Å²) in [7, 11) is 0. The van der Waals surface area contributed by atoms with Crippen LogP contribution in [0.15, 0.2) is 326 Å². The van der Waals surface area contributed by atoms with Gasteiger partial charge in [-0.1, -0.05) is 148 Å². The van der Waals surface area contributed by atoms with Gasteiger partial charge < -0.3 is 47.6 Å². The second-order valence-electron chi connectivity index (χ2n) is 31.7. The molecule has 10 N–H and O–H groups in total. The average Bonchev–Trinajstić information content (AvgIpc) is 1.62. The van der Waals surface area contributed by atoms with Crippen molar-refractivity contribution >= 4 is 272 Å². The first kappa shape index (κ1) is 106.